The minimum Gasteiger partial charge on any atom is -0.483 e. The van der Waals surface area contributed by atoms with Gasteiger partial charge in [-0.1, -0.05) is 6.42 Å². The number of ether oxygens (including phenoxy) is 1. The van der Waals surface area contributed by atoms with Crippen molar-refractivity contribution in [2.75, 3.05) is 5.73 Å². The van der Waals surface area contributed by atoms with Crippen LogP contribution in [0, 0.1) is 23.0 Å². The summed E-state index contributed by atoms with van der Waals surface area (Å²) in [5.74, 6) is -0.196. The average molecular weight is 396 g/mol. The maximum Gasteiger partial charge on any atom is 0.289 e. The first-order valence-electron chi connectivity index (χ1n) is 9.50. The van der Waals surface area contributed by atoms with Crippen molar-refractivity contribution >= 4 is 5.82 Å². The Hall–Kier alpha value is -3.40. The quantitative estimate of drug-likeness (QED) is 0.665. The van der Waals surface area contributed by atoms with E-state index in [0.29, 0.717) is 28.5 Å². The van der Waals surface area contributed by atoms with Gasteiger partial charge in [0.2, 0.25) is 0 Å². The molecular weight excluding hydrogens is 376 g/mol. The van der Waals surface area contributed by atoms with Gasteiger partial charge in [-0.25, -0.2) is 13.8 Å². The lowest BCUT2D eigenvalue weighted by molar-refractivity contribution is -0.373. The van der Waals surface area contributed by atoms with Gasteiger partial charge in [-0.05, 0) is 43.5 Å². The Balaban J connectivity index is 1.65. The van der Waals surface area contributed by atoms with Crippen LogP contribution in [-0.4, -0.2) is 0 Å². The van der Waals surface area contributed by atoms with Crippen LogP contribution in [0.2, 0.25) is 0 Å². The standard InChI is InChI=1S/C22H19F2N3O2/c23-13-6-8-19(17(24)10-13)28-12-14-7-9-20(29-14)21-15-4-2-1-3-5-18(15)27-22(26)16(21)11-25/h6-10H,1-5,12H2,(H2,26,27)/p+1. The van der Waals surface area contributed by atoms with Crippen molar-refractivity contribution in [1.82, 2.24) is 0 Å². The van der Waals surface area contributed by atoms with Crippen molar-refractivity contribution in [3.8, 4) is 23.1 Å². The maximum atomic E-state index is 13.7. The first kappa shape index (κ1) is 18.9. The van der Waals surface area contributed by atoms with Gasteiger partial charge in [0.05, 0.1) is 5.56 Å². The molecule has 0 atom stereocenters. The Morgan fingerprint density at radius 1 is 1.14 bits per heavy atom. The third-order valence-electron chi connectivity index (χ3n) is 5.11. The summed E-state index contributed by atoms with van der Waals surface area (Å²) in [5, 5.41) is 9.66. The summed E-state index contributed by atoms with van der Waals surface area (Å²) in [6.07, 6.45) is 4.92. The first-order chi connectivity index (χ1) is 14.1. The summed E-state index contributed by atoms with van der Waals surface area (Å²) in [6.45, 7) is -0.0267. The largest absolute Gasteiger partial charge is 0.483 e. The minimum absolute atomic E-state index is 0.0267. The van der Waals surface area contributed by atoms with E-state index in [-0.39, 0.29) is 12.4 Å². The molecule has 3 aromatic rings. The molecule has 2 aromatic heterocycles. The van der Waals surface area contributed by atoms with E-state index in [1.807, 2.05) is 0 Å². The molecule has 1 aliphatic rings. The van der Waals surface area contributed by atoms with Crippen molar-refractivity contribution < 1.29 is 22.9 Å². The van der Waals surface area contributed by atoms with Gasteiger partial charge < -0.3 is 9.15 Å². The molecule has 3 N–H and O–H groups in total. The zero-order chi connectivity index (χ0) is 20.4. The number of nitrogens with one attached hydrogen (secondary N) is 1. The van der Waals surface area contributed by atoms with E-state index in [2.05, 4.69) is 11.1 Å². The minimum atomic E-state index is -0.778. The average Bonchev–Trinajstić information content (AvgIpc) is 3.04. The van der Waals surface area contributed by atoms with Gasteiger partial charge in [-0.15, -0.1) is 0 Å². The third kappa shape index (κ3) is 3.79. The molecule has 148 valence electrons. The Kier molecular flexibility index (Phi) is 5.17. The fourth-order valence-electron chi connectivity index (χ4n) is 3.73. The molecule has 0 saturated heterocycles. The number of hydrogen-bond acceptors (Lipinski definition) is 4. The van der Waals surface area contributed by atoms with Crippen LogP contribution in [0.3, 0.4) is 0 Å². The summed E-state index contributed by atoms with van der Waals surface area (Å²) < 4.78 is 38.1. The Labute approximate surface area is 166 Å². The van der Waals surface area contributed by atoms with E-state index in [1.54, 1.807) is 12.1 Å². The van der Waals surface area contributed by atoms with E-state index in [1.165, 1.54) is 6.07 Å². The van der Waals surface area contributed by atoms with Gasteiger partial charge in [0.15, 0.2) is 17.1 Å². The molecule has 0 amide bonds. The lowest BCUT2D eigenvalue weighted by Crippen LogP contribution is -2.21. The van der Waals surface area contributed by atoms with Crippen molar-refractivity contribution in [3.63, 3.8) is 0 Å². The summed E-state index contributed by atoms with van der Waals surface area (Å²) in [6, 6.07) is 8.79. The maximum absolute atomic E-state index is 13.7. The van der Waals surface area contributed by atoms with E-state index in [4.69, 9.17) is 14.9 Å². The van der Waals surface area contributed by atoms with Crippen molar-refractivity contribution in [2.24, 2.45) is 0 Å². The molecule has 29 heavy (non-hydrogen) atoms. The topological polar surface area (TPSA) is 86.3 Å². The van der Waals surface area contributed by atoms with E-state index >= 15 is 0 Å². The SMILES string of the molecule is N#Cc1c(N)[nH+]c2c(c1-c1ccc(COc3ccc(F)cc3F)o1)CCCCC2. The van der Waals surface area contributed by atoms with Crippen molar-refractivity contribution in [2.45, 2.75) is 38.7 Å². The zero-order valence-corrected chi connectivity index (χ0v) is 15.7. The molecule has 7 heteroatoms. The van der Waals surface area contributed by atoms with Crippen LogP contribution in [-0.2, 0) is 19.4 Å². The van der Waals surface area contributed by atoms with Gasteiger partial charge >= 0.3 is 0 Å². The smallest absolute Gasteiger partial charge is 0.289 e. The van der Waals surface area contributed by atoms with Crippen LogP contribution >= 0.6 is 0 Å². The molecule has 0 aliphatic heterocycles. The Bertz CT molecular complexity index is 1100. The van der Waals surface area contributed by atoms with E-state index in [9.17, 15) is 14.0 Å². The second-order valence-electron chi connectivity index (χ2n) is 7.05. The van der Waals surface area contributed by atoms with Crippen LogP contribution in [0.1, 0.15) is 41.8 Å². The Morgan fingerprint density at radius 3 is 2.76 bits per heavy atom. The molecule has 1 aromatic carbocycles. The number of nitriles is 1. The summed E-state index contributed by atoms with van der Waals surface area (Å²) in [4.78, 5) is 3.18. The highest BCUT2D eigenvalue weighted by molar-refractivity contribution is 5.74. The second-order valence-corrected chi connectivity index (χ2v) is 7.05. The predicted molar refractivity (Wildman–Crippen MR) is 102 cm³/mol. The number of aryl methyl sites for hydroxylation is 1. The van der Waals surface area contributed by atoms with Gasteiger partial charge in [-0.3, -0.25) is 5.73 Å². The summed E-state index contributed by atoms with van der Waals surface area (Å²) >= 11 is 0. The van der Waals surface area contributed by atoms with Gasteiger partial charge in [-0.2, -0.15) is 5.26 Å². The molecule has 1 aliphatic carbocycles. The number of H-pyrrole nitrogens is 1. The second kappa shape index (κ2) is 7.92. The number of anilines is 1. The lowest BCUT2D eigenvalue weighted by atomic mass is 9.95. The first-order valence-corrected chi connectivity index (χ1v) is 9.50. The van der Waals surface area contributed by atoms with Gasteiger partial charge in [0.25, 0.3) is 5.82 Å². The lowest BCUT2D eigenvalue weighted by Gasteiger charge is -2.11. The number of nitrogens with two attached hydrogens (primary N) is 1. The number of nitrogens with zero attached hydrogens (tertiary/aromatic N) is 1. The number of aromatic amines is 1. The van der Waals surface area contributed by atoms with Crippen LogP contribution in [0.15, 0.2) is 34.7 Å². The van der Waals surface area contributed by atoms with Crippen LogP contribution < -0.4 is 15.5 Å². The van der Waals surface area contributed by atoms with E-state index in [0.717, 1.165) is 55.5 Å². The highest BCUT2D eigenvalue weighted by Gasteiger charge is 2.26. The zero-order valence-electron chi connectivity index (χ0n) is 15.7. The molecule has 0 saturated carbocycles. The third-order valence-corrected chi connectivity index (χ3v) is 5.11. The number of rotatable bonds is 4. The van der Waals surface area contributed by atoms with E-state index < -0.39 is 11.6 Å². The molecule has 0 fully saturated rings. The Morgan fingerprint density at radius 2 is 1.97 bits per heavy atom. The molecule has 0 spiro atoms. The number of pyridine rings is 1. The number of aromatic nitrogens is 1. The fraction of sp³-hybridized carbons (Fsp3) is 0.273. The number of nitrogen functional groups attached to an aromatic ring is 1. The van der Waals surface area contributed by atoms with Crippen LogP contribution in [0.5, 0.6) is 5.75 Å². The summed E-state index contributed by atoms with van der Waals surface area (Å²) in [5.41, 5.74) is 9.26. The van der Waals surface area contributed by atoms with Gasteiger partial charge in [0, 0.05) is 18.1 Å². The van der Waals surface area contributed by atoms with Crippen LogP contribution in [0.25, 0.3) is 11.3 Å². The molecule has 4 rings (SSSR count). The normalized spacial score (nSPS) is 13.4. The molecule has 0 radical (unpaired) electrons. The van der Waals surface area contributed by atoms with Crippen LogP contribution in [0.4, 0.5) is 14.6 Å². The van der Waals surface area contributed by atoms with Crippen molar-refractivity contribution in [1.29, 1.82) is 5.26 Å². The molecule has 0 unspecified atom stereocenters. The monoisotopic (exact) mass is 396 g/mol. The highest BCUT2D eigenvalue weighted by atomic mass is 19.1. The molecular formula is C22H20F2N3O2+. The predicted octanol–water partition coefficient (Wildman–Crippen LogP) is 4.34. The molecule has 0 bridgehead atoms. The molecule has 5 nitrogen and oxygen atoms in total. The highest BCUT2D eigenvalue weighted by Crippen LogP contribution is 2.35. The van der Waals surface area contributed by atoms with Gasteiger partial charge in [0.1, 0.15) is 35.7 Å². The fourth-order valence-corrected chi connectivity index (χ4v) is 3.73. The molecule has 2 heterocycles. The number of hydrogen-bond donors (Lipinski definition) is 1. The number of benzene rings is 1. The number of halogens is 2. The number of fused-ring (bicyclic) bond motifs is 1. The number of furan rings is 1. The summed E-state index contributed by atoms with van der Waals surface area (Å²) in [7, 11) is 0. The van der Waals surface area contributed by atoms with Crippen molar-refractivity contribution in [3.05, 3.63) is 64.5 Å².